The molecular formula is C16H22FN5O. The molecule has 1 aromatic heterocycles. The van der Waals surface area contributed by atoms with Crippen LogP contribution in [-0.4, -0.2) is 46.2 Å². The molecule has 1 N–H and O–H groups in total. The van der Waals surface area contributed by atoms with Crippen molar-refractivity contribution in [2.45, 2.75) is 25.8 Å². The van der Waals surface area contributed by atoms with E-state index in [4.69, 9.17) is 0 Å². The second-order valence-electron chi connectivity index (χ2n) is 5.64. The highest BCUT2D eigenvalue weighted by molar-refractivity contribution is 5.94. The van der Waals surface area contributed by atoms with E-state index in [0.29, 0.717) is 13.0 Å². The molecule has 0 aliphatic heterocycles. The number of benzene rings is 1. The fraction of sp³-hybridized carbons (Fsp3) is 0.438. The average molecular weight is 319 g/mol. The summed E-state index contributed by atoms with van der Waals surface area (Å²) in [6.07, 6.45) is 2.21. The molecule has 23 heavy (non-hydrogen) atoms. The topological polar surface area (TPSA) is 63.1 Å². The van der Waals surface area contributed by atoms with Crippen LogP contribution in [0.4, 0.5) is 10.3 Å². The summed E-state index contributed by atoms with van der Waals surface area (Å²) in [5, 5.41) is 6.96. The molecule has 0 bridgehead atoms. The van der Waals surface area contributed by atoms with Gasteiger partial charge in [0.2, 0.25) is 11.9 Å². The van der Waals surface area contributed by atoms with Gasteiger partial charge in [0.15, 0.2) is 0 Å². The molecule has 1 aromatic carbocycles. The molecule has 1 atom stereocenters. The first kappa shape index (κ1) is 17.1. The van der Waals surface area contributed by atoms with Crippen LogP contribution in [-0.2, 0) is 11.3 Å². The number of nitrogens with one attached hydrogen (secondary N) is 1. The Labute approximate surface area is 135 Å². The van der Waals surface area contributed by atoms with Crippen LogP contribution in [0.3, 0.4) is 0 Å². The van der Waals surface area contributed by atoms with E-state index in [2.05, 4.69) is 15.4 Å². The van der Waals surface area contributed by atoms with Crippen LogP contribution in [0.5, 0.6) is 0 Å². The zero-order valence-corrected chi connectivity index (χ0v) is 13.7. The zero-order valence-electron chi connectivity index (χ0n) is 13.7. The van der Waals surface area contributed by atoms with Crippen molar-refractivity contribution < 1.29 is 9.18 Å². The third-order valence-electron chi connectivity index (χ3n) is 3.54. The first-order valence-corrected chi connectivity index (χ1v) is 7.60. The number of anilines is 1. The van der Waals surface area contributed by atoms with E-state index in [1.54, 1.807) is 23.1 Å². The number of hydrogen-bond donors (Lipinski definition) is 1. The van der Waals surface area contributed by atoms with Crippen molar-refractivity contribution in [3.8, 4) is 0 Å². The predicted molar refractivity (Wildman–Crippen MR) is 86.6 cm³/mol. The van der Waals surface area contributed by atoms with E-state index in [1.165, 1.54) is 12.1 Å². The minimum absolute atomic E-state index is 0.190. The smallest absolute Gasteiger partial charge is 0.248 e. The van der Waals surface area contributed by atoms with Crippen LogP contribution in [0.15, 0.2) is 30.6 Å². The Balaban J connectivity index is 2.00. The van der Waals surface area contributed by atoms with Gasteiger partial charge in [-0.05, 0) is 38.2 Å². The van der Waals surface area contributed by atoms with Crippen LogP contribution < -0.4 is 5.32 Å². The van der Waals surface area contributed by atoms with Gasteiger partial charge in [0.1, 0.15) is 12.1 Å². The number of halogens is 1. The lowest BCUT2D eigenvalue weighted by atomic mass is 9.96. The Kier molecular flexibility index (Phi) is 5.81. The molecule has 1 amide bonds. The average Bonchev–Trinajstić information content (AvgIpc) is 2.95. The predicted octanol–water partition coefficient (Wildman–Crippen LogP) is 2.11. The van der Waals surface area contributed by atoms with Crippen molar-refractivity contribution in [1.29, 1.82) is 0 Å². The molecule has 2 rings (SSSR count). The molecule has 0 spiro atoms. The lowest BCUT2D eigenvalue weighted by molar-refractivity contribution is -0.117. The maximum Gasteiger partial charge on any atom is 0.248 e. The highest BCUT2D eigenvalue weighted by Gasteiger charge is 2.20. The fourth-order valence-electron chi connectivity index (χ4n) is 2.23. The summed E-state index contributed by atoms with van der Waals surface area (Å²) in [6, 6.07) is 5.98. The summed E-state index contributed by atoms with van der Waals surface area (Å²) >= 11 is 0. The summed E-state index contributed by atoms with van der Waals surface area (Å²) in [4.78, 5) is 18.5. The zero-order chi connectivity index (χ0) is 16.8. The van der Waals surface area contributed by atoms with Gasteiger partial charge in [-0.2, -0.15) is 0 Å². The molecule has 1 heterocycles. The first-order valence-electron chi connectivity index (χ1n) is 7.60. The molecule has 0 radical (unpaired) electrons. The molecule has 1 unspecified atom stereocenters. The normalized spacial score (nSPS) is 12.4. The third kappa shape index (κ3) is 4.85. The van der Waals surface area contributed by atoms with Crippen LogP contribution in [0.2, 0.25) is 0 Å². The Hall–Kier alpha value is -2.28. The highest BCUT2D eigenvalue weighted by Crippen LogP contribution is 2.21. The second kappa shape index (κ2) is 7.82. The van der Waals surface area contributed by atoms with Gasteiger partial charge in [0.25, 0.3) is 0 Å². The van der Waals surface area contributed by atoms with Crippen molar-refractivity contribution in [2.75, 3.05) is 26.0 Å². The van der Waals surface area contributed by atoms with Crippen LogP contribution in [0.1, 0.15) is 24.8 Å². The molecule has 2 aromatic rings. The molecule has 0 aliphatic carbocycles. The summed E-state index contributed by atoms with van der Waals surface area (Å²) in [7, 11) is 3.96. The maximum absolute atomic E-state index is 13.0. The first-order chi connectivity index (χ1) is 11.0. The standard InChI is InChI=1S/C16H22FN5O/c1-4-14(12-5-7-13(17)8-6-12)15(23)19-16-18-11-22(20-16)10-9-21(2)3/h5-8,11,14H,4,9-10H2,1-3H3,(H,19,20,23). The van der Waals surface area contributed by atoms with Crippen LogP contribution >= 0.6 is 0 Å². The number of likely N-dealkylation sites (N-methyl/N-ethyl adjacent to an activating group) is 1. The molecular weight excluding hydrogens is 297 g/mol. The molecule has 6 nitrogen and oxygen atoms in total. The van der Waals surface area contributed by atoms with Crippen molar-refractivity contribution >= 4 is 11.9 Å². The van der Waals surface area contributed by atoms with E-state index >= 15 is 0 Å². The number of nitrogens with zero attached hydrogens (tertiary/aromatic N) is 4. The minimum atomic E-state index is -0.357. The van der Waals surface area contributed by atoms with Gasteiger partial charge in [0, 0.05) is 6.54 Å². The monoisotopic (exact) mass is 319 g/mol. The van der Waals surface area contributed by atoms with Gasteiger partial charge in [0.05, 0.1) is 12.5 Å². The lowest BCUT2D eigenvalue weighted by Crippen LogP contribution is -2.22. The van der Waals surface area contributed by atoms with E-state index in [0.717, 1.165) is 12.1 Å². The second-order valence-corrected chi connectivity index (χ2v) is 5.64. The van der Waals surface area contributed by atoms with Crippen LogP contribution in [0.25, 0.3) is 0 Å². The number of rotatable bonds is 7. The van der Waals surface area contributed by atoms with Crippen molar-refractivity contribution in [1.82, 2.24) is 19.7 Å². The van der Waals surface area contributed by atoms with Gasteiger partial charge in [-0.1, -0.05) is 19.1 Å². The molecule has 0 fully saturated rings. The summed E-state index contributed by atoms with van der Waals surface area (Å²) < 4.78 is 14.7. The molecule has 0 saturated heterocycles. The molecule has 0 saturated carbocycles. The third-order valence-corrected chi connectivity index (χ3v) is 3.54. The fourth-order valence-corrected chi connectivity index (χ4v) is 2.23. The van der Waals surface area contributed by atoms with Gasteiger partial charge < -0.3 is 4.90 Å². The van der Waals surface area contributed by atoms with Crippen molar-refractivity contribution in [2.24, 2.45) is 0 Å². The number of carbonyl (C=O) groups excluding carboxylic acids is 1. The Morgan fingerprint density at radius 1 is 1.35 bits per heavy atom. The van der Waals surface area contributed by atoms with Crippen molar-refractivity contribution in [3.63, 3.8) is 0 Å². The van der Waals surface area contributed by atoms with E-state index in [1.807, 2.05) is 25.9 Å². The summed E-state index contributed by atoms with van der Waals surface area (Å²) in [5.74, 6) is -0.576. The van der Waals surface area contributed by atoms with Gasteiger partial charge in [-0.3, -0.25) is 10.1 Å². The maximum atomic E-state index is 13.0. The van der Waals surface area contributed by atoms with Gasteiger partial charge in [-0.25, -0.2) is 14.1 Å². The number of aromatic nitrogens is 3. The minimum Gasteiger partial charge on any atom is -0.308 e. The van der Waals surface area contributed by atoms with E-state index in [-0.39, 0.29) is 23.6 Å². The summed E-state index contributed by atoms with van der Waals surface area (Å²) in [6.45, 7) is 3.45. The van der Waals surface area contributed by atoms with E-state index in [9.17, 15) is 9.18 Å². The Morgan fingerprint density at radius 3 is 2.65 bits per heavy atom. The molecule has 7 heteroatoms. The highest BCUT2D eigenvalue weighted by atomic mass is 19.1. The molecule has 124 valence electrons. The quantitative estimate of drug-likeness (QED) is 0.849. The number of carbonyl (C=O) groups is 1. The Bertz CT molecular complexity index is 638. The van der Waals surface area contributed by atoms with Crippen molar-refractivity contribution in [3.05, 3.63) is 42.0 Å². The van der Waals surface area contributed by atoms with Gasteiger partial charge >= 0.3 is 0 Å². The molecule has 0 aliphatic rings. The Morgan fingerprint density at radius 2 is 2.04 bits per heavy atom. The SMILES string of the molecule is CCC(C(=O)Nc1ncn(CCN(C)C)n1)c1ccc(F)cc1. The van der Waals surface area contributed by atoms with Crippen LogP contribution in [0, 0.1) is 5.82 Å². The largest absolute Gasteiger partial charge is 0.308 e. The summed E-state index contributed by atoms with van der Waals surface area (Å²) in [5.41, 5.74) is 0.776. The van der Waals surface area contributed by atoms with Gasteiger partial charge in [-0.15, -0.1) is 5.10 Å². The lowest BCUT2D eigenvalue weighted by Gasteiger charge is -2.14. The number of amides is 1. The van der Waals surface area contributed by atoms with E-state index < -0.39 is 0 Å². The number of hydrogen-bond acceptors (Lipinski definition) is 4.